The molecular weight excluding hydrogens is 358 g/mol. The molecular formula is C14H18FIN2O. The van der Waals surface area contributed by atoms with Gasteiger partial charge >= 0.3 is 0 Å². The third-order valence-corrected chi connectivity index (χ3v) is 4.60. The molecule has 5 heteroatoms. The van der Waals surface area contributed by atoms with Gasteiger partial charge in [-0.05, 0) is 66.1 Å². The molecule has 1 aliphatic carbocycles. The van der Waals surface area contributed by atoms with Crippen LogP contribution >= 0.6 is 22.6 Å². The number of carbonyl (C=O) groups is 1. The normalized spacial score (nSPS) is 23.1. The van der Waals surface area contributed by atoms with Gasteiger partial charge in [0.2, 0.25) is 0 Å². The average molecular weight is 376 g/mol. The highest BCUT2D eigenvalue weighted by Crippen LogP contribution is 2.24. The summed E-state index contributed by atoms with van der Waals surface area (Å²) in [6, 6.07) is 4.37. The summed E-state index contributed by atoms with van der Waals surface area (Å²) in [5.74, 6) is -0.0935. The highest BCUT2D eigenvalue weighted by molar-refractivity contribution is 14.1. The first-order valence-electron chi connectivity index (χ1n) is 6.58. The molecule has 0 heterocycles. The molecule has 1 fully saturated rings. The van der Waals surface area contributed by atoms with Crippen molar-refractivity contribution in [2.45, 2.75) is 31.7 Å². The predicted molar refractivity (Wildman–Crippen MR) is 81.4 cm³/mol. The number of amides is 1. The van der Waals surface area contributed by atoms with Crippen LogP contribution in [0.1, 0.15) is 36.0 Å². The molecule has 0 aromatic heterocycles. The lowest BCUT2D eigenvalue weighted by Gasteiger charge is -2.31. The molecule has 1 aromatic rings. The fourth-order valence-corrected chi connectivity index (χ4v) is 3.32. The monoisotopic (exact) mass is 376 g/mol. The first-order chi connectivity index (χ1) is 9.11. The lowest BCUT2D eigenvalue weighted by Crippen LogP contribution is -2.44. The van der Waals surface area contributed by atoms with E-state index in [1.807, 2.05) is 22.6 Å². The average Bonchev–Trinajstić information content (AvgIpc) is 2.39. The molecule has 1 saturated carbocycles. The van der Waals surface area contributed by atoms with Gasteiger partial charge in [-0.3, -0.25) is 4.79 Å². The standard InChI is InChI=1S/C14H18FIN2O/c15-10-5-6-11(12(16)7-10)14(19)18-13-4-2-1-3-9(13)8-17/h5-7,9,13H,1-4,8,17H2,(H,18,19). The Bertz CT molecular complexity index is 467. The van der Waals surface area contributed by atoms with Gasteiger partial charge in [-0.25, -0.2) is 4.39 Å². The van der Waals surface area contributed by atoms with E-state index in [9.17, 15) is 9.18 Å². The molecule has 2 unspecified atom stereocenters. The molecule has 1 aliphatic rings. The number of nitrogens with two attached hydrogens (primary N) is 1. The maximum atomic E-state index is 13.0. The van der Waals surface area contributed by atoms with Crippen molar-refractivity contribution in [1.82, 2.24) is 5.32 Å². The second kappa shape index (κ2) is 6.65. The van der Waals surface area contributed by atoms with Crippen molar-refractivity contribution in [3.8, 4) is 0 Å². The summed E-state index contributed by atoms with van der Waals surface area (Å²) in [5, 5.41) is 3.05. The molecule has 3 N–H and O–H groups in total. The zero-order valence-corrected chi connectivity index (χ0v) is 12.8. The van der Waals surface area contributed by atoms with Crippen molar-refractivity contribution in [3.05, 3.63) is 33.1 Å². The van der Waals surface area contributed by atoms with Crippen molar-refractivity contribution < 1.29 is 9.18 Å². The summed E-state index contributed by atoms with van der Waals surface area (Å²) in [5.41, 5.74) is 6.29. The summed E-state index contributed by atoms with van der Waals surface area (Å²) in [4.78, 5) is 12.2. The summed E-state index contributed by atoms with van der Waals surface area (Å²) in [6.45, 7) is 0.603. The van der Waals surface area contributed by atoms with E-state index in [0.29, 0.717) is 21.6 Å². The fraction of sp³-hybridized carbons (Fsp3) is 0.500. The van der Waals surface area contributed by atoms with Crippen LogP contribution in [0.2, 0.25) is 0 Å². The Morgan fingerprint density at radius 2 is 2.16 bits per heavy atom. The van der Waals surface area contributed by atoms with Crippen LogP contribution in [0.4, 0.5) is 4.39 Å². The van der Waals surface area contributed by atoms with Gasteiger partial charge in [0, 0.05) is 9.61 Å². The van der Waals surface area contributed by atoms with Gasteiger partial charge in [0.15, 0.2) is 0 Å². The Labute approximate surface area is 126 Å². The van der Waals surface area contributed by atoms with E-state index in [-0.39, 0.29) is 17.8 Å². The second-order valence-electron chi connectivity index (χ2n) is 4.98. The largest absolute Gasteiger partial charge is 0.349 e. The minimum Gasteiger partial charge on any atom is -0.349 e. The van der Waals surface area contributed by atoms with E-state index in [1.54, 1.807) is 0 Å². The predicted octanol–water partition coefficient (Wildman–Crippen LogP) is 2.68. The van der Waals surface area contributed by atoms with Gasteiger partial charge in [0.05, 0.1) is 5.56 Å². The van der Waals surface area contributed by atoms with Crippen LogP contribution in [0.3, 0.4) is 0 Å². The zero-order chi connectivity index (χ0) is 13.8. The van der Waals surface area contributed by atoms with Crippen LogP contribution in [0, 0.1) is 15.3 Å². The van der Waals surface area contributed by atoms with Gasteiger partial charge in [-0.1, -0.05) is 12.8 Å². The quantitative estimate of drug-likeness (QED) is 0.798. The zero-order valence-electron chi connectivity index (χ0n) is 10.7. The first-order valence-corrected chi connectivity index (χ1v) is 7.65. The second-order valence-corrected chi connectivity index (χ2v) is 6.15. The molecule has 1 aromatic carbocycles. The van der Waals surface area contributed by atoms with E-state index in [4.69, 9.17) is 5.73 Å². The number of hydrogen-bond donors (Lipinski definition) is 2. The molecule has 0 radical (unpaired) electrons. The Hall–Kier alpha value is -0.690. The molecule has 19 heavy (non-hydrogen) atoms. The molecule has 0 aliphatic heterocycles. The minimum absolute atomic E-state index is 0.130. The molecule has 2 atom stereocenters. The molecule has 0 bridgehead atoms. The maximum Gasteiger partial charge on any atom is 0.252 e. The lowest BCUT2D eigenvalue weighted by molar-refractivity contribution is 0.0907. The van der Waals surface area contributed by atoms with Crippen LogP contribution in [-0.2, 0) is 0 Å². The van der Waals surface area contributed by atoms with Crippen LogP contribution in [-0.4, -0.2) is 18.5 Å². The number of hydrogen-bond acceptors (Lipinski definition) is 2. The van der Waals surface area contributed by atoms with Crippen LogP contribution < -0.4 is 11.1 Å². The Morgan fingerprint density at radius 1 is 1.42 bits per heavy atom. The first kappa shape index (κ1) is 14.7. The van der Waals surface area contributed by atoms with E-state index in [2.05, 4.69) is 5.32 Å². The smallest absolute Gasteiger partial charge is 0.252 e. The van der Waals surface area contributed by atoms with Gasteiger partial charge in [-0.15, -0.1) is 0 Å². The minimum atomic E-state index is -0.321. The van der Waals surface area contributed by atoms with Crippen molar-refractivity contribution in [1.29, 1.82) is 0 Å². The molecule has 2 rings (SSSR count). The number of nitrogens with one attached hydrogen (secondary N) is 1. The fourth-order valence-electron chi connectivity index (χ4n) is 2.60. The third-order valence-electron chi connectivity index (χ3n) is 3.70. The number of carbonyl (C=O) groups excluding carboxylic acids is 1. The Kier molecular flexibility index (Phi) is 5.15. The summed E-state index contributed by atoms with van der Waals surface area (Å²) in [6.07, 6.45) is 4.36. The van der Waals surface area contributed by atoms with Crippen molar-refractivity contribution >= 4 is 28.5 Å². The van der Waals surface area contributed by atoms with Crippen LogP contribution in [0.25, 0.3) is 0 Å². The van der Waals surface area contributed by atoms with E-state index in [0.717, 1.165) is 19.3 Å². The van der Waals surface area contributed by atoms with Crippen LogP contribution in [0.15, 0.2) is 18.2 Å². The topological polar surface area (TPSA) is 55.1 Å². The molecule has 1 amide bonds. The molecule has 0 spiro atoms. The van der Waals surface area contributed by atoms with Crippen LogP contribution in [0.5, 0.6) is 0 Å². The van der Waals surface area contributed by atoms with Gasteiger partial charge in [0.25, 0.3) is 5.91 Å². The van der Waals surface area contributed by atoms with Crippen molar-refractivity contribution in [3.63, 3.8) is 0 Å². The van der Waals surface area contributed by atoms with Crippen molar-refractivity contribution in [2.24, 2.45) is 11.7 Å². The van der Waals surface area contributed by atoms with E-state index < -0.39 is 0 Å². The van der Waals surface area contributed by atoms with E-state index in [1.165, 1.54) is 24.6 Å². The summed E-state index contributed by atoms with van der Waals surface area (Å²) < 4.78 is 13.7. The van der Waals surface area contributed by atoms with Crippen molar-refractivity contribution in [2.75, 3.05) is 6.54 Å². The Balaban J connectivity index is 2.07. The Morgan fingerprint density at radius 3 is 2.84 bits per heavy atom. The highest BCUT2D eigenvalue weighted by Gasteiger charge is 2.26. The number of halogens is 2. The molecule has 0 saturated heterocycles. The third kappa shape index (κ3) is 3.66. The molecule has 3 nitrogen and oxygen atoms in total. The van der Waals surface area contributed by atoms with Gasteiger partial charge in [-0.2, -0.15) is 0 Å². The number of benzene rings is 1. The van der Waals surface area contributed by atoms with Gasteiger partial charge < -0.3 is 11.1 Å². The van der Waals surface area contributed by atoms with E-state index >= 15 is 0 Å². The highest BCUT2D eigenvalue weighted by atomic mass is 127. The summed E-state index contributed by atoms with van der Waals surface area (Å²) >= 11 is 1.98. The summed E-state index contributed by atoms with van der Waals surface area (Å²) in [7, 11) is 0. The van der Waals surface area contributed by atoms with Gasteiger partial charge in [0.1, 0.15) is 5.82 Å². The lowest BCUT2D eigenvalue weighted by atomic mass is 9.84. The SMILES string of the molecule is NCC1CCCCC1NC(=O)c1ccc(F)cc1I. The number of rotatable bonds is 3. The molecule has 104 valence electrons. The maximum absolute atomic E-state index is 13.0.